The van der Waals surface area contributed by atoms with Gasteiger partial charge < -0.3 is 10.2 Å². The third-order valence-corrected chi connectivity index (χ3v) is 3.18. The van der Waals surface area contributed by atoms with Crippen LogP contribution in [0.5, 0.6) is 5.75 Å². The van der Waals surface area contributed by atoms with E-state index < -0.39 is 11.4 Å². The fraction of sp³-hybridized carbons (Fsp3) is 0.533. The fourth-order valence-electron chi connectivity index (χ4n) is 2.02. The van der Waals surface area contributed by atoms with Crippen LogP contribution in [0.15, 0.2) is 18.2 Å². The molecule has 0 spiro atoms. The molecule has 0 aliphatic carbocycles. The summed E-state index contributed by atoms with van der Waals surface area (Å²) in [7, 11) is 0. The van der Waals surface area contributed by atoms with Crippen LogP contribution in [0.2, 0.25) is 0 Å². The lowest BCUT2D eigenvalue weighted by molar-refractivity contribution is -0.138. The fourth-order valence-corrected chi connectivity index (χ4v) is 2.02. The molecule has 1 rings (SSSR count). The largest absolute Gasteiger partial charge is 0.508 e. The van der Waals surface area contributed by atoms with Gasteiger partial charge in [0.1, 0.15) is 5.75 Å². The number of phenolic OH excluding ortho intramolecular Hbond substituents is 1. The van der Waals surface area contributed by atoms with E-state index in [1.54, 1.807) is 6.07 Å². The highest BCUT2D eigenvalue weighted by molar-refractivity contribution is 5.69. The highest BCUT2D eigenvalue weighted by atomic mass is 16.4. The zero-order chi connectivity index (χ0) is 14.1. The summed E-state index contributed by atoms with van der Waals surface area (Å²) in [5.74, 6) is -0.699. The Hall–Kier alpha value is -1.51. The van der Waals surface area contributed by atoms with Crippen molar-refractivity contribution < 1.29 is 15.0 Å². The van der Waals surface area contributed by atoms with Crippen LogP contribution in [-0.4, -0.2) is 16.2 Å². The molecule has 0 amide bonds. The highest BCUT2D eigenvalue weighted by Crippen LogP contribution is 2.36. The van der Waals surface area contributed by atoms with Crippen molar-refractivity contribution in [2.75, 3.05) is 0 Å². The second-order valence-corrected chi connectivity index (χ2v) is 6.44. The molecular weight excluding hydrogens is 228 g/mol. The summed E-state index contributed by atoms with van der Waals surface area (Å²) in [6.07, 6.45) is -0.00580. The third kappa shape index (κ3) is 3.25. The van der Waals surface area contributed by atoms with E-state index in [9.17, 15) is 9.90 Å². The number of aliphatic carboxylic acids is 1. The van der Waals surface area contributed by atoms with E-state index in [0.717, 1.165) is 5.56 Å². The van der Waals surface area contributed by atoms with Gasteiger partial charge in [0.25, 0.3) is 0 Å². The lowest BCUT2D eigenvalue weighted by Crippen LogP contribution is -2.23. The number of aromatic hydroxyl groups is 1. The Labute approximate surface area is 108 Å². The van der Waals surface area contributed by atoms with Gasteiger partial charge in [-0.3, -0.25) is 4.79 Å². The molecule has 0 unspecified atom stereocenters. The number of hydrogen-bond acceptors (Lipinski definition) is 2. The summed E-state index contributed by atoms with van der Waals surface area (Å²) < 4.78 is 0. The summed E-state index contributed by atoms with van der Waals surface area (Å²) in [6.45, 7) is 9.94. The van der Waals surface area contributed by atoms with Crippen molar-refractivity contribution in [1.29, 1.82) is 0 Å². The topological polar surface area (TPSA) is 57.5 Å². The molecule has 0 heterocycles. The molecule has 100 valence electrons. The first kappa shape index (κ1) is 14.6. The van der Waals surface area contributed by atoms with Crippen molar-refractivity contribution in [3.63, 3.8) is 0 Å². The van der Waals surface area contributed by atoms with Gasteiger partial charge in [-0.05, 0) is 17.0 Å². The SMILES string of the molecule is CC(C)(C)c1ccc(O)c(C(C)(C)CC(=O)O)c1. The van der Waals surface area contributed by atoms with Crippen LogP contribution in [0.3, 0.4) is 0 Å². The van der Waals surface area contributed by atoms with Gasteiger partial charge in [-0.2, -0.15) is 0 Å². The van der Waals surface area contributed by atoms with E-state index >= 15 is 0 Å². The molecule has 0 saturated heterocycles. The number of hydrogen-bond donors (Lipinski definition) is 2. The van der Waals surface area contributed by atoms with Crippen molar-refractivity contribution in [3.05, 3.63) is 29.3 Å². The molecule has 0 fully saturated rings. The average Bonchev–Trinajstić information content (AvgIpc) is 2.13. The van der Waals surface area contributed by atoms with E-state index in [4.69, 9.17) is 5.11 Å². The third-order valence-electron chi connectivity index (χ3n) is 3.18. The predicted octanol–water partition coefficient (Wildman–Crippen LogP) is 3.44. The summed E-state index contributed by atoms with van der Waals surface area (Å²) in [6, 6.07) is 5.45. The molecule has 0 aliphatic heterocycles. The van der Waals surface area contributed by atoms with Crippen molar-refractivity contribution >= 4 is 5.97 Å². The molecule has 3 heteroatoms. The Bertz CT molecular complexity index is 453. The zero-order valence-corrected chi connectivity index (χ0v) is 11.7. The van der Waals surface area contributed by atoms with E-state index in [2.05, 4.69) is 20.8 Å². The number of phenols is 1. The summed E-state index contributed by atoms with van der Waals surface area (Å²) in [5, 5.41) is 18.9. The van der Waals surface area contributed by atoms with Gasteiger partial charge in [0.05, 0.1) is 6.42 Å². The van der Waals surface area contributed by atoms with Gasteiger partial charge in [-0.1, -0.05) is 46.8 Å². The minimum absolute atomic E-state index is 0.00580. The number of carboxylic acid groups (broad SMARTS) is 1. The van der Waals surface area contributed by atoms with Crippen molar-refractivity contribution in [3.8, 4) is 5.75 Å². The number of carbonyl (C=O) groups is 1. The molecule has 3 nitrogen and oxygen atoms in total. The second-order valence-electron chi connectivity index (χ2n) is 6.44. The van der Waals surface area contributed by atoms with Gasteiger partial charge in [0.15, 0.2) is 0 Å². The van der Waals surface area contributed by atoms with Gasteiger partial charge in [0, 0.05) is 11.0 Å². The zero-order valence-electron chi connectivity index (χ0n) is 11.7. The van der Waals surface area contributed by atoms with Crippen LogP contribution in [-0.2, 0) is 15.6 Å². The number of carboxylic acids is 1. The molecule has 0 atom stereocenters. The predicted molar refractivity (Wildman–Crippen MR) is 72.1 cm³/mol. The monoisotopic (exact) mass is 250 g/mol. The smallest absolute Gasteiger partial charge is 0.304 e. The van der Waals surface area contributed by atoms with Crippen LogP contribution in [0.1, 0.15) is 52.2 Å². The van der Waals surface area contributed by atoms with E-state index in [1.807, 2.05) is 26.0 Å². The van der Waals surface area contributed by atoms with Crippen LogP contribution in [0.4, 0.5) is 0 Å². The molecule has 18 heavy (non-hydrogen) atoms. The lowest BCUT2D eigenvalue weighted by atomic mass is 9.77. The maximum atomic E-state index is 10.9. The van der Waals surface area contributed by atoms with E-state index in [1.165, 1.54) is 0 Å². The minimum atomic E-state index is -0.861. The molecule has 1 aromatic carbocycles. The normalized spacial score (nSPS) is 12.5. The van der Waals surface area contributed by atoms with Crippen molar-refractivity contribution in [2.24, 2.45) is 0 Å². The molecular formula is C15H22O3. The average molecular weight is 250 g/mol. The number of rotatable bonds is 3. The van der Waals surface area contributed by atoms with Crippen LogP contribution in [0, 0.1) is 0 Å². The summed E-state index contributed by atoms with van der Waals surface area (Å²) in [5.41, 5.74) is 1.17. The van der Waals surface area contributed by atoms with Gasteiger partial charge in [0.2, 0.25) is 0 Å². The Morgan fingerprint density at radius 2 is 1.72 bits per heavy atom. The molecule has 0 aliphatic rings. The molecule has 0 aromatic heterocycles. The molecule has 0 bridgehead atoms. The van der Waals surface area contributed by atoms with Crippen molar-refractivity contribution in [2.45, 2.75) is 51.9 Å². The first-order valence-corrected chi connectivity index (χ1v) is 6.10. The molecule has 1 aromatic rings. The van der Waals surface area contributed by atoms with Gasteiger partial charge in [-0.15, -0.1) is 0 Å². The van der Waals surface area contributed by atoms with E-state index in [-0.39, 0.29) is 17.6 Å². The van der Waals surface area contributed by atoms with Gasteiger partial charge >= 0.3 is 5.97 Å². The lowest BCUT2D eigenvalue weighted by Gasteiger charge is -2.27. The molecule has 0 radical (unpaired) electrons. The standard InChI is InChI=1S/C15H22O3/c1-14(2,3)10-6-7-12(16)11(8-10)15(4,5)9-13(17)18/h6-8,16H,9H2,1-5H3,(H,17,18). The summed E-state index contributed by atoms with van der Waals surface area (Å²) in [4.78, 5) is 10.9. The Morgan fingerprint density at radius 1 is 1.17 bits per heavy atom. The quantitative estimate of drug-likeness (QED) is 0.864. The van der Waals surface area contributed by atoms with Gasteiger partial charge in [-0.25, -0.2) is 0 Å². The molecule has 0 saturated carbocycles. The number of benzene rings is 1. The molecule has 2 N–H and O–H groups in total. The maximum absolute atomic E-state index is 10.9. The Balaban J connectivity index is 3.27. The van der Waals surface area contributed by atoms with E-state index in [0.29, 0.717) is 5.56 Å². The first-order valence-electron chi connectivity index (χ1n) is 6.10. The Kier molecular flexibility index (Phi) is 3.75. The van der Waals surface area contributed by atoms with Crippen LogP contribution >= 0.6 is 0 Å². The van der Waals surface area contributed by atoms with Crippen LogP contribution in [0.25, 0.3) is 0 Å². The van der Waals surface area contributed by atoms with Crippen molar-refractivity contribution in [1.82, 2.24) is 0 Å². The Morgan fingerprint density at radius 3 is 2.17 bits per heavy atom. The first-order chi connectivity index (χ1) is 8.04. The second kappa shape index (κ2) is 4.63. The summed E-state index contributed by atoms with van der Waals surface area (Å²) >= 11 is 0. The van der Waals surface area contributed by atoms with Crippen LogP contribution < -0.4 is 0 Å². The minimum Gasteiger partial charge on any atom is -0.508 e. The maximum Gasteiger partial charge on any atom is 0.304 e. The highest BCUT2D eigenvalue weighted by Gasteiger charge is 2.28.